The summed E-state index contributed by atoms with van der Waals surface area (Å²) in [6.07, 6.45) is 0. The molecular weight excluding hydrogens is 386 g/mol. The van der Waals surface area contributed by atoms with Crippen molar-refractivity contribution in [3.8, 4) is 0 Å². The van der Waals surface area contributed by atoms with Crippen molar-refractivity contribution in [1.82, 2.24) is 14.8 Å². The number of fused-ring (bicyclic) bond motifs is 1. The van der Waals surface area contributed by atoms with E-state index in [-0.39, 0.29) is 5.91 Å². The summed E-state index contributed by atoms with van der Waals surface area (Å²) in [5, 5.41) is 1.16. The second kappa shape index (κ2) is 9.07. The summed E-state index contributed by atoms with van der Waals surface area (Å²) in [6, 6.07) is 16.8. The number of para-hydroxylation sites is 1. The van der Waals surface area contributed by atoms with Gasteiger partial charge in [0.2, 0.25) is 5.91 Å². The van der Waals surface area contributed by atoms with Gasteiger partial charge in [0.15, 0.2) is 0 Å². The van der Waals surface area contributed by atoms with E-state index in [1.165, 1.54) is 15.8 Å². The van der Waals surface area contributed by atoms with Crippen molar-refractivity contribution in [2.75, 3.05) is 31.9 Å². The first-order valence-corrected chi connectivity index (χ1v) is 11.6. The Labute approximate surface area is 174 Å². The van der Waals surface area contributed by atoms with Crippen LogP contribution < -0.4 is 0 Å². The molecule has 1 aliphatic rings. The Hall–Kier alpha value is -1.89. The number of hydrogen-bond acceptors (Lipinski definition) is 5. The van der Waals surface area contributed by atoms with Crippen molar-refractivity contribution in [2.45, 2.75) is 19.2 Å². The number of amides is 1. The van der Waals surface area contributed by atoms with Crippen LogP contribution in [0, 0.1) is 6.92 Å². The highest BCUT2D eigenvalue weighted by molar-refractivity contribution is 7.99. The van der Waals surface area contributed by atoms with Crippen LogP contribution >= 0.6 is 23.1 Å². The maximum atomic E-state index is 12.5. The lowest BCUT2D eigenvalue weighted by Gasteiger charge is -2.34. The van der Waals surface area contributed by atoms with Gasteiger partial charge >= 0.3 is 0 Å². The van der Waals surface area contributed by atoms with E-state index in [4.69, 9.17) is 4.98 Å². The molecule has 2 heterocycles. The van der Waals surface area contributed by atoms with E-state index in [0.717, 1.165) is 49.0 Å². The number of piperazine rings is 1. The Morgan fingerprint density at radius 2 is 1.82 bits per heavy atom. The summed E-state index contributed by atoms with van der Waals surface area (Å²) < 4.78 is 1.25. The van der Waals surface area contributed by atoms with E-state index in [9.17, 15) is 4.79 Å². The Bertz CT molecular complexity index is 897. The maximum Gasteiger partial charge on any atom is 0.232 e. The summed E-state index contributed by atoms with van der Waals surface area (Å²) in [5.74, 6) is 1.71. The highest BCUT2D eigenvalue weighted by Crippen LogP contribution is 2.23. The van der Waals surface area contributed by atoms with Crippen molar-refractivity contribution < 1.29 is 4.79 Å². The standard InChI is InChI=1S/C22H25N3OS2/c1-17-6-8-18(9-7-17)15-27-16-22(26)25-12-10-24(11-13-25)14-21-23-19-4-2-3-5-20(19)28-21/h2-9H,10-16H2,1H3. The smallest absolute Gasteiger partial charge is 0.232 e. The zero-order valence-corrected chi connectivity index (χ0v) is 17.8. The molecule has 1 amide bonds. The van der Waals surface area contributed by atoms with Gasteiger partial charge in [-0.25, -0.2) is 4.98 Å². The van der Waals surface area contributed by atoms with Gasteiger partial charge in [-0.2, -0.15) is 0 Å². The van der Waals surface area contributed by atoms with Crippen molar-refractivity contribution >= 4 is 39.2 Å². The summed E-state index contributed by atoms with van der Waals surface area (Å²) in [6.45, 7) is 6.44. The highest BCUT2D eigenvalue weighted by Gasteiger charge is 2.21. The molecule has 1 saturated heterocycles. The molecule has 1 aromatic heterocycles. The fraction of sp³-hybridized carbons (Fsp3) is 0.364. The third-order valence-electron chi connectivity index (χ3n) is 5.04. The summed E-state index contributed by atoms with van der Waals surface area (Å²) in [5.41, 5.74) is 3.64. The molecule has 6 heteroatoms. The third-order valence-corrected chi connectivity index (χ3v) is 7.05. The van der Waals surface area contributed by atoms with Crippen LogP contribution in [-0.2, 0) is 17.1 Å². The number of thiazole rings is 1. The molecule has 2 aromatic carbocycles. The molecular formula is C22H25N3OS2. The van der Waals surface area contributed by atoms with Gasteiger partial charge in [-0.1, -0.05) is 42.0 Å². The Kier molecular flexibility index (Phi) is 6.29. The Morgan fingerprint density at radius 1 is 1.07 bits per heavy atom. The molecule has 4 nitrogen and oxygen atoms in total. The van der Waals surface area contributed by atoms with Crippen LogP contribution in [0.5, 0.6) is 0 Å². The second-order valence-corrected chi connectivity index (χ2v) is 9.31. The quantitative estimate of drug-likeness (QED) is 0.610. The van der Waals surface area contributed by atoms with E-state index in [0.29, 0.717) is 5.75 Å². The molecule has 0 bridgehead atoms. The maximum absolute atomic E-state index is 12.5. The number of thioether (sulfide) groups is 1. The molecule has 146 valence electrons. The van der Waals surface area contributed by atoms with Gasteiger partial charge in [0.05, 0.1) is 22.5 Å². The number of aryl methyl sites for hydroxylation is 1. The monoisotopic (exact) mass is 411 g/mol. The van der Waals surface area contributed by atoms with Gasteiger partial charge in [-0.05, 0) is 24.6 Å². The van der Waals surface area contributed by atoms with Crippen LogP contribution in [0.25, 0.3) is 10.2 Å². The zero-order chi connectivity index (χ0) is 19.3. The van der Waals surface area contributed by atoms with E-state index >= 15 is 0 Å². The SMILES string of the molecule is Cc1ccc(CSCC(=O)N2CCN(Cc3nc4ccccc4s3)CC2)cc1. The molecule has 1 aliphatic heterocycles. The first-order valence-electron chi connectivity index (χ1n) is 9.65. The van der Waals surface area contributed by atoms with Crippen LogP contribution in [0.15, 0.2) is 48.5 Å². The molecule has 0 unspecified atom stereocenters. The van der Waals surface area contributed by atoms with Crippen molar-refractivity contribution in [2.24, 2.45) is 0 Å². The minimum atomic E-state index is 0.261. The number of nitrogens with zero attached hydrogens (tertiary/aromatic N) is 3. The largest absolute Gasteiger partial charge is 0.339 e. The predicted octanol–water partition coefficient (Wildman–Crippen LogP) is 4.18. The summed E-state index contributed by atoms with van der Waals surface area (Å²) >= 11 is 3.48. The minimum absolute atomic E-state index is 0.261. The lowest BCUT2D eigenvalue weighted by atomic mass is 10.2. The van der Waals surface area contributed by atoms with Crippen molar-refractivity contribution in [1.29, 1.82) is 0 Å². The molecule has 0 aliphatic carbocycles. The topological polar surface area (TPSA) is 36.4 Å². The summed E-state index contributed by atoms with van der Waals surface area (Å²) in [4.78, 5) is 21.6. The molecule has 0 saturated carbocycles. The fourth-order valence-electron chi connectivity index (χ4n) is 3.37. The number of aromatic nitrogens is 1. The number of rotatable bonds is 6. The van der Waals surface area contributed by atoms with Crippen LogP contribution in [0.4, 0.5) is 0 Å². The number of carbonyl (C=O) groups excluding carboxylic acids is 1. The highest BCUT2D eigenvalue weighted by atomic mass is 32.2. The molecule has 4 rings (SSSR count). The molecule has 0 radical (unpaired) electrons. The van der Waals surface area contributed by atoms with Crippen LogP contribution in [-0.4, -0.2) is 52.6 Å². The minimum Gasteiger partial charge on any atom is -0.339 e. The Morgan fingerprint density at radius 3 is 2.57 bits per heavy atom. The van der Waals surface area contributed by atoms with Gasteiger partial charge in [0, 0.05) is 31.9 Å². The average Bonchev–Trinajstić information content (AvgIpc) is 3.12. The van der Waals surface area contributed by atoms with E-state index < -0.39 is 0 Å². The van der Waals surface area contributed by atoms with Gasteiger partial charge in [-0.3, -0.25) is 9.69 Å². The number of benzene rings is 2. The average molecular weight is 412 g/mol. The van der Waals surface area contributed by atoms with Gasteiger partial charge < -0.3 is 4.90 Å². The van der Waals surface area contributed by atoms with Crippen LogP contribution in [0.3, 0.4) is 0 Å². The number of carbonyl (C=O) groups is 1. The van der Waals surface area contributed by atoms with Gasteiger partial charge in [0.25, 0.3) is 0 Å². The third kappa shape index (κ3) is 4.93. The molecule has 0 spiro atoms. The second-order valence-electron chi connectivity index (χ2n) is 7.21. The van der Waals surface area contributed by atoms with E-state index in [2.05, 4.69) is 54.3 Å². The lowest BCUT2D eigenvalue weighted by Crippen LogP contribution is -2.48. The fourth-order valence-corrected chi connectivity index (χ4v) is 5.26. The predicted molar refractivity (Wildman–Crippen MR) is 119 cm³/mol. The van der Waals surface area contributed by atoms with E-state index in [1.54, 1.807) is 23.1 Å². The van der Waals surface area contributed by atoms with Crippen molar-refractivity contribution in [3.05, 3.63) is 64.7 Å². The molecule has 0 atom stereocenters. The van der Waals surface area contributed by atoms with Crippen LogP contribution in [0.2, 0.25) is 0 Å². The first kappa shape index (κ1) is 19.4. The molecule has 28 heavy (non-hydrogen) atoms. The van der Waals surface area contributed by atoms with Crippen LogP contribution in [0.1, 0.15) is 16.1 Å². The van der Waals surface area contributed by atoms with Gasteiger partial charge in [-0.15, -0.1) is 23.1 Å². The number of hydrogen-bond donors (Lipinski definition) is 0. The first-order chi connectivity index (χ1) is 13.7. The Balaban J connectivity index is 1.21. The summed E-state index contributed by atoms with van der Waals surface area (Å²) in [7, 11) is 0. The van der Waals surface area contributed by atoms with Crippen molar-refractivity contribution in [3.63, 3.8) is 0 Å². The normalized spacial score (nSPS) is 15.2. The molecule has 1 fully saturated rings. The lowest BCUT2D eigenvalue weighted by molar-refractivity contribution is -0.130. The van der Waals surface area contributed by atoms with Gasteiger partial charge in [0.1, 0.15) is 5.01 Å². The molecule has 3 aromatic rings. The molecule has 0 N–H and O–H groups in total. The van der Waals surface area contributed by atoms with E-state index in [1.807, 2.05) is 11.0 Å². The zero-order valence-electron chi connectivity index (χ0n) is 16.1.